The third kappa shape index (κ3) is 2.27. The summed E-state index contributed by atoms with van der Waals surface area (Å²) in [7, 11) is 1.87. The summed E-state index contributed by atoms with van der Waals surface area (Å²) in [5, 5.41) is 5.43. The number of aromatic amines is 1. The summed E-state index contributed by atoms with van der Waals surface area (Å²) < 4.78 is 15.7. The molecule has 6 rings (SSSR count). The number of amides is 2. The number of aryl methyl sites for hydroxylation is 1. The molecule has 30 heavy (non-hydrogen) atoms. The predicted octanol–water partition coefficient (Wildman–Crippen LogP) is 2.63. The number of hydrogen-bond donors (Lipinski definition) is 1. The normalized spacial score (nSPS) is 19.4. The second-order valence-corrected chi connectivity index (χ2v) is 8.81. The number of hydrogen-bond acceptors (Lipinski definition) is 3. The lowest BCUT2D eigenvalue weighted by molar-refractivity contribution is 0.0604. The Morgan fingerprint density at radius 1 is 1.30 bits per heavy atom. The van der Waals surface area contributed by atoms with Crippen LogP contribution in [0.3, 0.4) is 0 Å². The molecule has 1 aromatic carbocycles. The van der Waals surface area contributed by atoms with Crippen molar-refractivity contribution >= 4 is 22.7 Å². The van der Waals surface area contributed by atoms with Crippen LogP contribution in [0.15, 0.2) is 18.2 Å². The van der Waals surface area contributed by atoms with Gasteiger partial charge in [-0.2, -0.15) is 5.10 Å². The van der Waals surface area contributed by atoms with E-state index in [0.29, 0.717) is 41.8 Å². The van der Waals surface area contributed by atoms with E-state index in [1.807, 2.05) is 16.6 Å². The first kappa shape index (κ1) is 17.7. The third-order valence-electron chi connectivity index (χ3n) is 7.12. The van der Waals surface area contributed by atoms with Crippen LogP contribution >= 0.6 is 0 Å². The minimum absolute atomic E-state index is 0.00138. The van der Waals surface area contributed by atoms with E-state index in [-0.39, 0.29) is 23.2 Å². The number of H-pyrrole nitrogens is 1. The number of nitrogens with one attached hydrogen (secondary N) is 1. The van der Waals surface area contributed by atoms with E-state index in [1.54, 1.807) is 24.0 Å². The van der Waals surface area contributed by atoms with Crippen LogP contribution in [0.5, 0.6) is 0 Å². The Kier molecular flexibility index (Phi) is 3.36. The molecule has 1 N–H and O–H groups in total. The topological polar surface area (TPSA) is 74.2 Å². The first-order valence-corrected chi connectivity index (χ1v) is 10.3. The fraction of sp³-hybridized carbons (Fsp3) is 0.409. The van der Waals surface area contributed by atoms with Gasteiger partial charge in [0.2, 0.25) is 0 Å². The van der Waals surface area contributed by atoms with E-state index < -0.39 is 0 Å². The van der Waals surface area contributed by atoms with Crippen LogP contribution in [0, 0.1) is 12.7 Å². The standard InChI is InChI=1S/C22H22FN5O2/c1-12-13-9-18(24-16(13)4-3-15(12)23)20(29)27-8-5-17-14(10-27)19-21(30)26(2)22(6-7-22)11-28(19)25-17/h3-4,9,24H,5-8,10-11H2,1-2H3. The van der Waals surface area contributed by atoms with Crippen LogP contribution in [-0.4, -0.2) is 55.5 Å². The highest BCUT2D eigenvalue weighted by molar-refractivity contribution is 5.99. The fourth-order valence-electron chi connectivity index (χ4n) is 4.96. The van der Waals surface area contributed by atoms with E-state index in [4.69, 9.17) is 5.10 Å². The average Bonchev–Trinajstić information content (AvgIpc) is 3.22. The summed E-state index contributed by atoms with van der Waals surface area (Å²) >= 11 is 0. The third-order valence-corrected chi connectivity index (χ3v) is 7.12. The van der Waals surface area contributed by atoms with Gasteiger partial charge in [-0.3, -0.25) is 14.3 Å². The van der Waals surface area contributed by atoms with Crippen LogP contribution in [0.1, 0.15) is 50.6 Å². The zero-order chi connectivity index (χ0) is 20.8. The highest BCUT2D eigenvalue weighted by Gasteiger charge is 2.53. The number of carbonyl (C=O) groups is 2. The number of carbonyl (C=O) groups excluding carboxylic acids is 2. The number of halogens is 1. The zero-order valence-corrected chi connectivity index (χ0v) is 17.0. The van der Waals surface area contributed by atoms with E-state index in [2.05, 4.69) is 4.98 Å². The molecule has 4 heterocycles. The van der Waals surface area contributed by atoms with Gasteiger partial charge in [-0.1, -0.05) is 0 Å². The lowest BCUT2D eigenvalue weighted by Gasteiger charge is -2.34. The number of benzene rings is 1. The van der Waals surface area contributed by atoms with Crippen molar-refractivity contribution in [1.82, 2.24) is 24.6 Å². The van der Waals surface area contributed by atoms with Gasteiger partial charge in [-0.25, -0.2) is 4.39 Å². The Hall–Kier alpha value is -3.16. The molecule has 8 heteroatoms. The summed E-state index contributed by atoms with van der Waals surface area (Å²) in [6.07, 6.45) is 2.66. The van der Waals surface area contributed by atoms with Crippen molar-refractivity contribution in [2.45, 2.75) is 44.8 Å². The molecular weight excluding hydrogens is 385 g/mol. The van der Waals surface area contributed by atoms with Gasteiger partial charge < -0.3 is 14.8 Å². The van der Waals surface area contributed by atoms with Gasteiger partial charge in [-0.05, 0) is 43.5 Å². The van der Waals surface area contributed by atoms with Crippen LogP contribution < -0.4 is 0 Å². The molecule has 2 aliphatic heterocycles. The Balaban J connectivity index is 1.33. The molecule has 0 radical (unpaired) electrons. The van der Waals surface area contributed by atoms with Crippen LogP contribution in [-0.2, 0) is 19.5 Å². The summed E-state index contributed by atoms with van der Waals surface area (Å²) in [6, 6.07) is 4.78. The number of fused-ring (bicyclic) bond motifs is 4. The minimum atomic E-state index is -0.286. The molecule has 2 amide bonds. The van der Waals surface area contributed by atoms with Gasteiger partial charge in [0, 0.05) is 36.5 Å². The van der Waals surface area contributed by atoms with Gasteiger partial charge >= 0.3 is 0 Å². The Bertz CT molecular complexity index is 1250. The Morgan fingerprint density at radius 2 is 2.10 bits per heavy atom. The fourth-order valence-corrected chi connectivity index (χ4v) is 4.96. The molecule has 1 spiro atoms. The van der Waals surface area contributed by atoms with Crippen molar-refractivity contribution in [2.24, 2.45) is 0 Å². The molecule has 1 aliphatic carbocycles. The lowest BCUT2D eigenvalue weighted by Crippen LogP contribution is -2.48. The van der Waals surface area contributed by atoms with Gasteiger partial charge in [0.25, 0.3) is 11.8 Å². The molecule has 3 aliphatic rings. The second kappa shape index (κ2) is 5.71. The first-order valence-electron chi connectivity index (χ1n) is 10.3. The van der Waals surface area contributed by atoms with Crippen LogP contribution in [0.2, 0.25) is 0 Å². The predicted molar refractivity (Wildman–Crippen MR) is 108 cm³/mol. The van der Waals surface area contributed by atoms with Crippen molar-refractivity contribution in [3.05, 3.63) is 52.2 Å². The summed E-state index contributed by atoms with van der Waals surface area (Å²) in [5.74, 6) is -0.434. The van der Waals surface area contributed by atoms with E-state index in [0.717, 1.165) is 36.2 Å². The highest BCUT2D eigenvalue weighted by atomic mass is 19.1. The van der Waals surface area contributed by atoms with E-state index in [9.17, 15) is 14.0 Å². The summed E-state index contributed by atoms with van der Waals surface area (Å²) in [4.78, 5) is 33.0. The molecule has 7 nitrogen and oxygen atoms in total. The molecule has 154 valence electrons. The SMILES string of the molecule is Cc1c(F)ccc2[nH]c(C(=O)N3CCc4nn5c(c4C3)C(=O)N(C)C3(CC3)C5)cc12. The van der Waals surface area contributed by atoms with Gasteiger partial charge in [0.1, 0.15) is 17.2 Å². The minimum Gasteiger partial charge on any atom is -0.351 e. The average molecular weight is 407 g/mol. The molecule has 1 saturated carbocycles. The highest BCUT2D eigenvalue weighted by Crippen LogP contribution is 2.46. The van der Waals surface area contributed by atoms with Crippen LogP contribution in [0.25, 0.3) is 10.9 Å². The first-order chi connectivity index (χ1) is 14.4. The smallest absolute Gasteiger partial charge is 0.272 e. The van der Waals surface area contributed by atoms with Crippen LogP contribution in [0.4, 0.5) is 4.39 Å². The monoisotopic (exact) mass is 407 g/mol. The number of likely N-dealkylation sites (N-methyl/N-ethyl adjacent to an activating group) is 1. The second-order valence-electron chi connectivity index (χ2n) is 8.81. The maximum Gasteiger partial charge on any atom is 0.272 e. The molecule has 0 atom stereocenters. The molecule has 0 saturated heterocycles. The maximum atomic E-state index is 13.9. The number of rotatable bonds is 1. The van der Waals surface area contributed by atoms with Crippen molar-refractivity contribution in [3.63, 3.8) is 0 Å². The van der Waals surface area contributed by atoms with Crippen molar-refractivity contribution < 1.29 is 14.0 Å². The van der Waals surface area contributed by atoms with Crippen molar-refractivity contribution in [3.8, 4) is 0 Å². The van der Waals surface area contributed by atoms with Gasteiger partial charge in [0.15, 0.2) is 0 Å². The molecule has 2 aromatic heterocycles. The largest absolute Gasteiger partial charge is 0.351 e. The summed E-state index contributed by atoms with van der Waals surface area (Å²) in [5.41, 5.74) is 4.04. The summed E-state index contributed by atoms with van der Waals surface area (Å²) in [6.45, 7) is 3.35. The molecule has 3 aromatic rings. The number of aromatic nitrogens is 3. The Morgan fingerprint density at radius 3 is 2.87 bits per heavy atom. The molecular formula is C22H22FN5O2. The lowest BCUT2D eigenvalue weighted by atomic mass is 10.0. The van der Waals surface area contributed by atoms with Gasteiger partial charge in [0.05, 0.1) is 24.3 Å². The molecule has 0 unspecified atom stereocenters. The van der Waals surface area contributed by atoms with E-state index >= 15 is 0 Å². The number of nitrogens with zero attached hydrogens (tertiary/aromatic N) is 4. The van der Waals surface area contributed by atoms with E-state index in [1.165, 1.54) is 6.07 Å². The molecule has 0 bridgehead atoms. The Labute approximate surface area is 172 Å². The van der Waals surface area contributed by atoms with Gasteiger partial charge in [-0.15, -0.1) is 0 Å². The zero-order valence-electron chi connectivity index (χ0n) is 17.0. The van der Waals surface area contributed by atoms with Crippen molar-refractivity contribution in [1.29, 1.82) is 0 Å². The van der Waals surface area contributed by atoms with Crippen molar-refractivity contribution in [2.75, 3.05) is 13.6 Å². The maximum absolute atomic E-state index is 13.9. The quantitative estimate of drug-likeness (QED) is 0.674. The molecule has 1 fully saturated rings.